The Balaban J connectivity index is 1.16. The third kappa shape index (κ3) is 6.83. The van der Waals surface area contributed by atoms with Crippen molar-refractivity contribution in [3.05, 3.63) is 198 Å². The van der Waals surface area contributed by atoms with Crippen LogP contribution >= 0.6 is 22.7 Å². The molecule has 0 radical (unpaired) electrons. The van der Waals surface area contributed by atoms with Gasteiger partial charge in [0.25, 0.3) is 0 Å². The smallest absolute Gasteiger partial charge is 0.339 e. The van der Waals surface area contributed by atoms with Crippen LogP contribution in [0.2, 0.25) is 0 Å². The van der Waals surface area contributed by atoms with E-state index in [1.54, 1.807) is 72.8 Å². The number of allylic oxidation sites excluding steroid dienone is 2. The van der Waals surface area contributed by atoms with Crippen molar-refractivity contribution in [1.29, 1.82) is 0 Å². The zero-order valence-electron chi connectivity index (χ0n) is 32.6. The van der Waals surface area contributed by atoms with Crippen molar-refractivity contribution in [1.82, 2.24) is 0 Å². The molecule has 0 aliphatic heterocycles. The van der Waals surface area contributed by atoms with Crippen molar-refractivity contribution in [2.75, 3.05) is 0 Å². The largest absolute Gasteiger partial charge is 0.457 e. The Morgan fingerprint density at radius 3 is 1.11 bits per heavy atom. The molecule has 8 nitrogen and oxygen atoms in total. The maximum absolute atomic E-state index is 14.2. The average Bonchev–Trinajstić information content (AvgIpc) is 4.03. The molecule has 2 aliphatic carbocycles. The first-order valence-corrected chi connectivity index (χ1v) is 21.0. The molecule has 64 heavy (non-hydrogen) atoms. The lowest BCUT2D eigenvalue weighted by atomic mass is 9.98. The van der Waals surface area contributed by atoms with Crippen LogP contribution in [0.1, 0.15) is 83.0 Å². The number of Topliss-reactive ketones (excluding diaryl/α,β-unsaturated/α-hetero) is 4. The van der Waals surface area contributed by atoms with Crippen LogP contribution < -0.4 is 0 Å². The molecule has 312 valence electrons. The zero-order valence-corrected chi connectivity index (χ0v) is 34.2. The number of halogens is 4. The first kappa shape index (κ1) is 40.4. The number of rotatable bonds is 8. The summed E-state index contributed by atoms with van der Waals surface area (Å²) < 4.78 is 69.1. The maximum atomic E-state index is 14.2. The number of hydrogen-bond acceptors (Lipinski definition) is 10. The Morgan fingerprint density at radius 1 is 0.453 bits per heavy atom. The van der Waals surface area contributed by atoms with Crippen LogP contribution in [0.5, 0.6) is 0 Å². The number of carbonyl (C=O) groups excluding carboxylic acids is 6. The molecule has 14 heteroatoms. The molecule has 2 aliphatic rings. The second-order valence-corrected chi connectivity index (χ2v) is 17.1. The quantitative estimate of drug-likeness (QED) is 0.0640. The summed E-state index contributed by atoms with van der Waals surface area (Å²) in [6.45, 7) is -0.184. The molecule has 0 saturated carbocycles. The van der Waals surface area contributed by atoms with Gasteiger partial charge in [0.1, 0.15) is 13.2 Å². The summed E-state index contributed by atoms with van der Waals surface area (Å²) >= 11 is 2.14. The molecule has 6 aromatic carbocycles. The van der Waals surface area contributed by atoms with Crippen molar-refractivity contribution < 1.29 is 55.8 Å². The van der Waals surface area contributed by atoms with E-state index < -0.39 is 58.3 Å². The minimum atomic E-state index is -1.29. The van der Waals surface area contributed by atoms with Gasteiger partial charge in [0.05, 0.1) is 22.3 Å². The van der Waals surface area contributed by atoms with Crippen LogP contribution in [-0.4, -0.2) is 35.1 Å². The van der Waals surface area contributed by atoms with Crippen LogP contribution in [-0.2, 0) is 22.7 Å². The minimum Gasteiger partial charge on any atom is -0.457 e. The van der Waals surface area contributed by atoms with Gasteiger partial charge in [-0.2, -0.15) is 0 Å². The molecule has 0 N–H and O–H groups in total. The fourth-order valence-corrected chi connectivity index (χ4v) is 10.1. The number of hydrogen-bond donors (Lipinski definition) is 0. The molecule has 10 rings (SSSR count). The molecule has 0 unspecified atom stereocenters. The van der Waals surface area contributed by atoms with Gasteiger partial charge < -0.3 is 9.47 Å². The van der Waals surface area contributed by atoms with Crippen molar-refractivity contribution in [2.45, 2.75) is 13.2 Å². The van der Waals surface area contributed by atoms with Crippen LogP contribution in [0.25, 0.3) is 43.1 Å². The summed E-state index contributed by atoms with van der Waals surface area (Å²) in [4.78, 5) is 82.5. The van der Waals surface area contributed by atoms with Gasteiger partial charge in [0.15, 0.2) is 46.4 Å². The Labute approximate surface area is 366 Å². The van der Waals surface area contributed by atoms with Crippen molar-refractivity contribution in [3.8, 4) is 0 Å². The maximum Gasteiger partial charge on any atom is 0.339 e. The lowest BCUT2D eigenvalue weighted by Crippen LogP contribution is -2.07. The number of ketones is 4. The summed E-state index contributed by atoms with van der Waals surface area (Å²) in [6, 6.07) is 26.9. The normalized spacial score (nSPS) is 13.3. The third-order valence-electron chi connectivity index (χ3n) is 11.0. The SMILES string of the molecule is O=C1C(=Cc2cc3c(C(=O)OCc4ccccc4)cc4c(cc(C(=O)OCc5ccccc5)c5cc(C=C6C(=O)c7cc(F)c(F)cc7C6=O)sc54)c3s2)C(=O)c2cc(F)c(F)cc21. The molecule has 0 bridgehead atoms. The highest BCUT2D eigenvalue weighted by atomic mass is 32.1. The Morgan fingerprint density at radius 2 is 0.781 bits per heavy atom. The summed E-state index contributed by atoms with van der Waals surface area (Å²) in [5.74, 6) is -9.89. The second-order valence-electron chi connectivity index (χ2n) is 14.9. The van der Waals surface area contributed by atoms with E-state index in [-0.39, 0.29) is 57.7 Å². The number of ether oxygens (including phenoxy) is 2. The molecular weight excluding hydrogens is 869 g/mol. The Hall–Kier alpha value is -7.68. The number of thiophene rings is 2. The van der Waals surface area contributed by atoms with E-state index in [1.807, 2.05) is 12.1 Å². The molecular formula is C50H24F4O8S2. The van der Waals surface area contributed by atoms with Gasteiger partial charge in [0, 0.05) is 63.0 Å². The fraction of sp³-hybridized carbons (Fsp3) is 0.0400. The molecule has 8 aromatic rings. The van der Waals surface area contributed by atoms with E-state index in [4.69, 9.17) is 9.47 Å². The van der Waals surface area contributed by atoms with E-state index in [0.717, 1.165) is 22.7 Å². The van der Waals surface area contributed by atoms with Gasteiger partial charge in [-0.05, 0) is 71.8 Å². The first-order valence-electron chi connectivity index (χ1n) is 19.3. The topological polar surface area (TPSA) is 121 Å². The highest BCUT2D eigenvalue weighted by Crippen LogP contribution is 2.44. The van der Waals surface area contributed by atoms with Gasteiger partial charge in [0.2, 0.25) is 0 Å². The highest BCUT2D eigenvalue weighted by molar-refractivity contribution is 7.22. The number of fused-ring (bicyclic) bond motifs is 7. The van der Waals surface area contributed by atoms with Crippen LogP contribution in [0.4, 0.5) is 17.6 Å². The summed E-state index contributed by atoms with van der Waals surface area (Å²) in [6.07, 6.45) is 2.56. The predicted octanol–water partition coefficient (Wildman–Crippen LogP) is 11.5. The van der Waals surface area contributed by atoms with Gasteiger partial charge in [-0.3, -0.25) is 19.2 Å². The number of benzene rings is 6. The lowest BCUT2D eigenvalue weighted by Gasteiger charge is -2.12. The van der Waals surface area contributed by atoms with Gasteiger partial charge >= 0.3 is 11.9 Å². The average molecular weight is 893 g/mol. The Kier molecular flexibility index (Phi) is 9.84. The summed E-state index contributed by atoms with van der Waals surface area (Å²) in [5.41, 5.74) is -0.309. The van der Waals surface area contributed by atoms with Crippen molar-refractivity contribution in [2.24, 2.45) is 0 Å². The zero-order chi connectivity index (χ0) is 44.6. The summed E-state index contributed by atoms with van der Waals surface area (Å²) in [5, 5.41) is 1.53. The fourth-order valence-electron chi connectivity index (χ4n) is 7.86. The van der Waals surface area contributed by atoms with Crippen LogP contribution in [0.3, 0.4) is 0 Å². The standard InChI is InChI=1S/C50H24F4O8S2/c51-39-17-27-28(18-40(39)52)44(56)37(43(27)55)13-25-11-31-35(49(59)61-21-23-7-3-1-4-8-23)15-33-34(47(31)63-25)16-36(50(60)62-22-24-9-5-2-6-10-24)32-12-26(64-48(32)33)14-38-45(57)29-19-41(53)42(54)20-30(29)46(38)58/h1-20H,21-22H2. The third-order valence-corrected chi connectivity index (χ3v) is 13.2. The molecule has 0 fully saturated rings. The van der Waals surface area contributed by atoms with Gasteiger partial charge in [-0.25, -0.2) is 27.2 Å². The van der Waals surface area contributed by atoms with E-state index in [0.29, 0.717) is 76.1 Å². The minimum absolute atomic E-state index is 0.0745. The van der Waals surface area contributed by atoms with Gasteiger partial charge in [-0.15, -0.1) is 22.7 Å². The van der Waals surface area contributed by atoms with E-state index in [9.17, 15) is 46.3 Å². The molecule has 2 heterocycles. The number of carbonyl (C=O) groups is 6. The van der Waals surface area contributed by atoms with Crippen molar-refractivity contribution in [3.63, 3.8) is 0 Å². The van der Waals surface area contributed by atoms with Gasteiger partial charge in [-0.1, -0.05) is 60.7 Å². The monoisotopic (exact) mass is 892 g/mol. The second kappa shape index (κ2) is 15.6. The van der Waals surface area contributed by atoms with Crippen molar-refractivity contribution >= 4 is 101 Å². The predicted molar refractivity (Wildman–Crippen MR) is 232 cm³/mol. The van der Waals surface area contributed by atoms with E-state index in [2.05, 4.69) is 0 Å². The van der Waals surface area contributed by atoms with Crippen LogP contribution in [0, 0.1) is 23.3 Å². The molecule has 0 spiro atoms. The molecule has 0 amide bonds. The lowest BCUT2D eigenvalue weighted by molar-refractivity contribution is 0.0466. The molecule has 2 aromatic heterocycles. The number of esters is 2. The Bertz CT molecular complexity index is 3180. The molecule has 0 atom stereocenters. The first-order chi connectivity index (χ1) is 30.8. The van der Waals surface area contributed by atoms with E-state index >= 15 is 0 Å². The van der Waals surface area contributed by atoms with Crippen LogP contribution in [0.15, 0.2) is 120 Å². The molecule has 0 saturated heterocycles. The highest BCUT2D eigenvalue weighted by Gasteiger charge is 2.36. The summed E-state index contributed by atoms with van der Waals surface area (Å²) in [7, 11) is 0. The van der Waals surface area contributed by atoms with E-state index in [1.165, 1.54) is 12.2 Å².